The molecule has 6 nitrogen and oxygen atoms in total. The number of amides is 1. The van der Waals surface area contributed by atoms with Gasteiger partial charge in [-0.3, -0.25) is 4.79 Å². The maximum Gasteiger partial charge on any atom is 0.255 e. The summed E-state index contributed by atoms with van der Waals surface area (Å²) in [7, 11) is 3.03. The summed E-state index contributed by atoms with van der Waals surface area (Å²) in [5.74, 6) is 0.841. The van der Waals surface area contributed by atoms with Crippen molar-refractivity contribution in [1.82, 2.24) is 5.32 Å². The Bertz CT molecular complexity index is 983. The molecule has 1 aliphatic rings. The summed E-state index contributed by atoms with van der Waals surface area (Å²) in [6.45, 7) is 0. The molecule has 0 saturated carbocycles. The molecule has 25 heavy (non-hydrogen) atoms. The highest BCUT2D eigenvalue weighted by Gasteiger charge is 2.28. The van der Waals surface area contributed by atoms with Gasteiger partial charge in [0.25, 0.3) is 5.91 Å². The molecule has 2 N–H and O–H groups in total. The van der Waals surface area contributed by atoms with Crippen LogP contribution < -0.4 is 20.1 Å². The molecule has 0 saturated heterocycles. The lowest BCUT2D eigenvalue weighted by Gasteiger charge is -2.27. The number of hydrogen-bond acceptors (Lipinski definition) is 5. The zero-order valence-electron chi connectivity index (χ0n) is 13.6. The fourth-order valence-electron chi connectivity index (χ4n) is 2.91. The second kappa shape index (κ2) is 5.70. The van der Waals surface area contributed by atoms with Crippen LogP contribution in [0.1, 0.15) is 22.3 Å². The number of halogens is 1. The molecule has 4 rings (SSSR count). The average Bonchev–Trinajstić information content (AvgIpc) is 3.03. The van der Waals surface area contributed by atoms with Crippen molar-refractivity contribution in [2.45, 2.75) is 6.17 Å². The van der Waals surface area contributed by atoms with Gasteiger partial charge in [-0.25, -0.2) is 4.39 Å². The number of furan rings is 1. The van der Waals surface area contributed by atoms with Gasteiger partial charge in [-0.2, -0.15) is 0 Å². The monoisotopic (exact) mass is 342 g/mol. The lowest BCUT2D eigenvalue weighted by atomic mass is 10.1. The van der Waals surface area contributed by atoms with Gasteiger partial charge in [0.05, 0.1) is 25.5 Å². The van der Waals surface area contributed by atoms with Crippen LogP contribution in [0.4, 0.5) is 10.1 Å². The van der Waals surface area contributed by atoms with Crippen LogP contribution in [0.3, 0.4) is 0 Å². The van der Waals surface area contributed by atoms with Gasteiger partial charge < -0.3 is 24.5 Å². The maximum atomic E-state index is 13.3. The van der Waals surface area contributed by atoms with Crippen LogP contribution >= 0.6 is 0 Å². The van der Waals surface area contributed by atoms with Crippen molar-refractivity contribution < 1.29 is 23.1 Å². The smallest absolute Gasteiger partial charge is 0.255 e. The Morgan fingerprint density at radius 2 is 1.80 bits per heavy atom. The van der Waals surface area contributed by atoms with E-state index in [0.717, 1.165) is 0 Å². The molecule has 2 aromatic carbocycles. The van der Waals surface area contributed by atoms with Crippen LogP contribution in [0, 0.1) is 5.82 Å². The second-order valence-corrected chi connectivity index (χ2v) is 5.63. The topological polar surface area (TPSA) is 72.7 Å². The van der Waals surface area contributed by atoms with Gasteiger partial charge in [0, 0.05) is 11.5 Å². The third kappa shape index (κ3) is 2.53. The molecule has 0 aliphatic carbocycles. The third-order valence-corrected chi connectivity index (χ3v) is 4.13. The lowest BCUT2D eigenvalue weighted by molar-refractivity contribution is 0.0931. The van der Waals surface area contributed by atoms with E-state index < -0.39 is 6.17 Å². The highest BCUT2D eigenvalue weighted by atomic mass is 19.1. The number of ether oxygens (including phenoxy) is 2. The Hall–Kier alpha value is -3.22. The van der Waals surface area contributed by atoms with E-state index in [4.69, 9.17) is 13.9 Å². The van der Waals surface area contributed by atoms with Crippen LogP contribution in [-0.4, -0.2) is 20.1 Å². The summed E-state index contributed by atoms with van der Waals surface area (Å²) < 4.78 is 29.6. The SMILES string of the molecule is COc1cc2c(cc1OC)C(=O)NC(c1cc3cc(F)ccc3o1)N2. The molecule has 1 aromatic heterocycles. The van der Waals surface area contributed by atoms with Gasteiger partial charge in [0.15, 0.2) is 17.7 Å². The first-order valence-corrected chi connectivity index (χ1v) is 7.61. The molecule has 0 bridgehead atoms. The van der Waals surface area contributed by atoms with Crippen LogP contribution in [0.2, 0.25) is 0 Å². The number of methoxy groups -OCH3 is 2. The van der Waals surface area contributed by atoms with Gasteiger partial charge in [0.2, 0.25) is 0 Å². The van der Waals surface area contributed by atoms with Gasteiger partial charge in [-0.1, -0.05) is 0 Å². The summed E-state index contributed by atoms with van der Waals surface area (Å²) in [6.07, 6.45) is -0.575. The Labute approximate surface area is 142 Å². The Morgan fingerprint density at radius 3 is 2.56 bits per heavy atom. The molecular weight excluding hydrogens is 327 g/mol. The van der Waals surface area contributed by atoms with Crippen LogP contribution in [0.5, 0.6) is 11.5 Å². The first-order valence-electron chi connectivity index (χ1n) is 7.61. The lowest BCUT2D eigenvalue weighted by Crippen LogP contribution is -2.38. The molecule has 1 amide bonds. The number of rotatable bonds is 3. The Kier molecular flexibility index (Phi) is 3.49. The van der Waals surface area contributed by atoms with E-state index >= 15 is 0 Å². The summed E-state index contributed by atoms with van der Waals surface area (Å²) in [6, 6.07) is 9.27. The highest BCUT2D eigenvalue weighted by molar-refractivity contribution is 6.02. The van der Waals surface area contributed by atoms with E-state index in [2.05, 4.69) is 10.6 Å². The number of hydrogen-bond donors (Lipinski definition) is 2. The fourth-order valence-corrected chi connectivity index (χ4v) is 2.91. The van der Waals surface area contributed by atoms with Gasteiger partial charge >= 0.3 is 0 Å². The fraction of sp³-hybridized carbons (Fsp3) is 0.167. The first-order chi connectivity index (χ1) is 12.1. The van der Waals surface area contributed by atoms with Crippen molar-refractivity contribution >= 4 is 22.6 Å². The van der Waals surface area contributed by atoms with E-state index in [9.17, 15) is 9.18 Å². The number of fused-ring (bicyclic) bond motifs is 2. The third-order valence-electron chi connectivity index (χ3n) is 4.13. The zero-order chi connectivity index (χ0) is 17.6. The minimum Gasteiger partial charge on any atom is -0.493 e. The minimum absolute atomic E-state index is 0.272. The molecule has 0 radical (unpaired) electrons. The summed E-state index contributed by atoms with van der Waals surface area (Å²) in [5.41, 5.74) is 1.58. The van der Waals surface area contributed by atoms with Gasteiger partial charge in [-0.15, -0.1) is 0 Å². The average molecular weight is 342 g/mol. The number of carbonyl (C=O) groups is 1. The molecule has 2 heterocycles. The van der Waals surface area contributed by atoms with E-state index in [0.29, 0.717) is 39.5 Å². The quantitative estimate of drug-likeness (QED) is 0.763. The molecule has 0 fully saturated rings. The van der Waals surface area contributed by atoms with Gasteiger partial charge in [0.1, 0.15) is 17.2 Å². The normalized spacial score (nSPS) is 16.1. The number of nitrogens with one attached hydrogen (secondary N) is 2. The van der Waals surface area contributed by atoms with Crippen LogP contribution in [-0.2, 0) is 0 Å². The molecule has 1 unspecified atom stereocenters. The molecule has 3 aromatic rings. The van der Waals surface area contributed by atoms with Crippen molar-refractivity contribution in [1.29, 1.82) is 0 Å². The van der Waals surface area contributed by atoms with Crippen LogP contribution in [0.25, 0.3) is 11.0 Å². The largest absolute Gasteiger partial charge is 0.493 e. The second-order valence-electron chi connectivity index (χ2n) is 5.63. The molecule has 0 spiro atoms. The number of carbonyl (C=O) groups excluding carboxylic acids is 1. The zero-order valence-corrected chi connectivity index (χ0v) is 13.6. The number of anilines is 1. The maximum absolute atomic E-state index is 13.3. The van der Waals surface area contributed by atoms with E-state index in [-0.39, 0.29) is 11.7 Å². The van der Waals surface area contributed by atoms with E-state index in [1.165, 1.54) is 26.4 Å². The summed E-state index contributed by atoms with van der Waals surface area (Å²) >= 11 is 0. The van der Waals surface area contributed by atoms with Crippen molar-refractivity contribution in [3.8, 4) is 11.5 Å². The molecule has 1 atom stereocenters. The van der Waals surface area contributed by atoms with E-state index in [1.54, 1.807) is 24.3 Å². The first kappa shape index (κ1) is 15.3. The van der Waals surface area contributed by atoms with Crippen molar-refractivity contribution in [2.24, 2.45) is 0 Å². The molecular formula is C18H15FN2O4. The standard InChI is InChI=1S/C18H15FN2O4/c1-23-14-7-11-12(8-15(14)24-2)20-17(21-18(11)22)16-6-9-5-10(19)3-4-13(9)25-16/h3-8,17,20H,1-2H3,(H,21,22). The molecule has 1 aliphatic heterocycles. The predicted molar refractivity (Wildman–Crippen MR) is 89.5 cm³/mol. The van der Waals surface area contributed by atoms with Gasteiger partial charge in [-0.05, 0) is 30.3 Å². The Balaban J connectivity index is 1.73. The number of benzene rings is 2. The van der Waals surface area contributed by atoms with Crippen LogP contribution in [0.15, 0.2) is 40.8 Å². The summed E-state index contributed by atoms with van der Waals surface area (Å²) in [5, 5.41) is 6.64. The van der Waals surface area contributed by atoms with Crippen molar-refractivity contribution in [3.63, 3.8) is 0 Å². The Morgan fingerprint density at radius 1 is 1.04 bits per heavy atom. The minimum atomic E-state index is -0.575. The van der Waals surface area contributed by atoms with E-state index in [1.807, 2.05) is 0 Å². The predicted octanol–water partition coefficient (Wildman–Crippen LogP) is 3.44. The van der Waals surface area contributed by atoms with Crippen molar-refractivity contribution in [2.75, 3.05) is 19.5 Å². The molecule has 128 valence electrons. The summed E-state index contributed by atoms with van der Waals surface area (Å²) in [4.78, 5) is 12.5. The van der Waals surface area contributed by atoms with Crippen molar-refractivity contribution in [3.05, 3.63) is 53.5 Å². The molecule has 7 heteroatoms. The highest BCUT2D eigenvalue weighted by Crippen LogP contribution is 2.37.